The molecule has 0 aromatic carbocycles. The lowest BCUT2D eigenvalue weighted by molar-refractivity contribution is 0.268. The zero-order chi connectivity index (χ0) is 12.2. The third kappa shape index (κ3) is 3.41. The molecule has 5 nitrogen and oxygen atoms in total. The van der Waals surface area contributed by atoms with Gasteiger partial charge in [0.15, 0.2) is 0 Å². The second-order valence-electron chi connectivity index (χ2n) is 4.36. The summed E-state index contributed by atoms with van der Waals surface area (Å²) in [5.74, 6) is 0. The van der Waals surface area contributed by atoms with Crippen molar-refractivity contribution in [3.05, 3.63) is 0 Å². The van der Waals surface area contributed by atoms with Gasteiger partial charge in [-0.05, 0) is 32.9 Å². The second kappa shape index (κ2) is 5.95. The van der Waals surface area contributed by atoms with Crippen LogP contribution in [-0.2, 0) is 10.0 Å². The lowest BCUT2D eigenvalue weighted by atomic mass is 10.2. The fourth-order valence-corrected chi connectivity index (χ4v) is 2.99. The maximum absolute atomic E-state index is 11.7. The monoisotopic (exact) mass is 249 g/mol. The van der Waals surface area contributed by atoms with E-state index < -0.39 is 15.3 Å². The molecule has 0 bridgehead atoms. The zero-order valence-corrected chi connectivity index (χ0v) is 11.0. The van der Waals surface area contributed by atoms with Gasteiger partial charge in [-0.15, -0.1) is 0 Å². The van der Waals surface area contributed by atoms with E-state index in [4.69, 9.17) is 5.73 Å². The van der Waals surface area contributed by atoms with Crippen molar-refractivity contribution in [3.8, 4) is 0 Å². The molecule has 1 rings (SSSR count). The molecule has 0 amide bonds. The summed E-state index contributed by atoms with van der Waals surface area (Å²) >= 11 is 0. The Balaban J connectivity index is 2.45. The zero-order valence-electron chi connectivity index (χ0n) is 10.1. The SMILES string of the molecule is CCN1CCCC1CNS(=O)(=O)C(C)CN. The molecule has 0 spiro atoms. The van der Waals surface area contributed by atoms with Crippen LogP contribution in [0.2, 0.25) is 0 Å². The summed E-state index contributed by atoms with van der Waals surface area (Å²) in [4.78, 5) is 2.32. The number of nitrogens with one attached hydrogen (secondary N) is 1. The predicted octanol–water partition coefficient (Wildman–Crippen LogP) is -0.263. The Morgan fingerprint density at radius 2 is 2.25 bits per heavy atom. The Labute approximate surface area is 98.4 Å². The molecule has 1 fully saturated rings. The van der Waals surface area contributed by atoms with Gasteiger partial charge in [0.05, 0.1) is 5.25 Å². The molecular formula is C10H23N3O2S. The van der Waals surface area contributed by atoms with Crippen molar-refractivity contribution in [2.45, 2.75) is 38.0 Å². The fourth-order valence-electron chi connectivity index (χ4n) is 2.02. The highest BCUT2D eigenvalue weighted by Crippen LogP contribution is 2.15. The Bertz CT molecular complexity index is 305. The number of sulfonamides is 1. The first-order valence-corrected chi connectivity index (χ1v) is 7.48. The average molecular weight is 249 g/mol. The lowest BCUT2D eigenvalue weighted by Gasteiger charge is -2.23. The van der Waals surface area contributed by atoms with Gasteiger partial charge >= 0.3 is 0 Å². The normalized spacial score (nSPS) is 24.8. The largest absolute Gasteiger partial charge is 0.329 e. The van der Waals surface area contributed by atoms with Crippen LogP contribution >= 0.6 is 0 Å². The molecule has 1 saturated heterocycles. The van der Waals surface area contributed by atoms with Crippen molar-refractivity contribution in [1.82, 2.24) is 9.62 Å². The van der Waals surface area contributed by atoms with Crippen molar-refractivity contribution in [2.75, 3.05) is 26.2 Å². The van der Waals surface area contributed by atoms with Crippen LogP contribution in [-0.4, -0.2) is 50.8 Å². The number of hydrogen-bond donors (Lipinski definition) is 2. The molecule has 6 heteroatoms. The van der Waals surface area contributed by atoms with Crippen molar-refractivity contribution < 1.29 is 8.42 Å². The third-order valence-electron chi connectivity index (χ3n) is 3.29. The molecule has 0 saturated carbocycles. The van der Waals surface area contributed by atoms with Crippen LogP contribution in [0.15, 0.2) is 0 Å². The summed E-state index contributed by atoms with van der Waals surface area (Å²) in [7, 11) is -3.23. The minimum atomic E-state index is -3.23. The van der Waals surface area contributed by atoms with Gasteiger partial charge in [0.25, 0.3) is 0 Å². The molecule has 1 heterocycles. The minimum Gasteiger partial charge on any atom is -0.329 e. The van der Waals surface area contributed by atoms with Crippen LogP contribution in [0.1, 0.15) is 26.7 Å². The Hall–Kier alpha value is -0.170. The van der Waals surface area contributed by atoms with E-state index in [9.17, 15) is 8.42 Å². The molecular weight excluding hydrogens is 226 g/mol. The maximum atomic E-state index is 11.7. The number of nitrogens with two attached hydrogens (primary N) is 1. The van der Waals surface area contributed by atoms with E-state index in [1.807, 2.05) is 0 Å². The second-order valence-corrected chi connectivity index (χ2v) is 6.55. The molecule has 0 aliphatic carbocycles. The third-order valence-corrected chi connectivity index (χ3v) is 5.11. The van der Waals surface area contributed by atoms with Gasteiger partial charge in [0.1, 0.15) is 0 Å². The summed E-state index contributed by atoms with van der Waals surface area (Å²) in [6, 6.07) is 0.352. The standard InChI is InChI=1S/C10H23N3O2S/c1-3-13-6-4-5-10(13)8-12-16(14,15)9(2)7-11/h9-10,12H,3-8,11H2,1-2H3. The van der Waals surface area contributed by atoms with Crippen LogP contribution < -0.4 is 10.5 Å². The highest BCUT2D eigenvalue weighted by atomic mass is 32.2. The van der Waals surface area contributed by atoms with Gasteiger partial charge < -0.3 is 5.73 Å². The van der Waals surface area contributed by atoms with Crippen molar-refractivity contribution in [1.29, 1.82) is 0 Å². The first kappa shape index (κ1) is 13.9. The van der Waals surface area contributed by atoms with E-state index in [1.165, 1.54) is 0 Å². The van der Waals surface area contributed by atoms with Crippen molar-refractivity contribution in [3.63, 3.8) is 0 Å². The van der Waals surface area contributed by atoms with Crippen molar-refractivity contribution >= 4 is 10.0 Å². The van der Waals surface area contributed by atoms with Crippen LogP contribution in [0, 0.1) is 0 Å². The van der Waals surface area contributed by atoms with Crippen molar-refractivity contribution in [2.24, 2.45) is 5.73 Å². The molecule has 16 heavy (non-hydrogen) atoms. The molecule has 1 aliphatic heterocycles. The predicted molar refractivity (Wildman–Crippen MR) is 65.7 cm³/mol. The Kier molecular flexibility index (Phi) is 5.17. The number of likely N-dealkylation sites (tertiary alicyclic amines) is 1. The summed E-state index contributed by atoms with van der Waals surface area (Å²) < 4.78 is 26.1. The topological polar surface area (TPSA) is 75.4 Å². The van der Waals surface area contributed by atoms with Gasteiger partial charge in [0, 0.05) is 19.1 Å². The smallest absolute Gasteiger partial charge is 0.215 e. The summed E-state index contributed by atoms with van der Waals surface area (Å²) in [5.41, 5.74) is 5.37. The molecule has 96 valence electrons. The quantitative estimate of drug-likeness (QED) is 0.680. The molecule has 2 unspecified atom stereocenters. The van der Waals surface area contributed by atoms with Crippen LogP contribution in [0.25, 0.3) is 0 Å². The minimum absolute atomic E-state index is 0.164. The number of rotatable bonds is 6. The molecule has 0 aromatic heterocycles. The van der Waals surface area contributed by atoms with E-state index in [1.54, 1.807) is 6.92 Å². The van der Waals surface area contributed by atoms with E-state index in [0.717, 1.165) is 25.9 Å². The maximum Gasteiger partial charge on any atom is 0.215 e. The van der Waals surface area contributed by atoms with E-state index >= 15 is 0 Å². The Morgan fingerprint density at radius 3 is 2.81 bits per heavy atom. The summed E-state index contributed by atoms with van der Waals surface area (Å²) in [6.07, 6.45) is 2.24. The molecule has 1 aliphatic rings. The molecule has 3 N–H and O–H groups in total. The van der Waals surface area contributed by atoms with Gasteiger partial charge in [0.2, 0.25) is 10.0 Å². The van der Waals surface area contributed by atoms with Gasteiger partial charge in [-0.25, -0.2) is 13.1 Å². The van der Waals surface area contributed by atoms with Crippen LogP contribution in [0.3, 0.4) is 0 Å². The fraction of sp³-hybridized carbons (Fsp3) is 1.00. The number of likely N-dealkylation sites (N-methyl/N-ethyl adjacent to an activating group) is 1. The molecule has 0 aromatic rings. The lowest BCUT2D eigenvalue weighted by Crippen LogP contribution is -2.44. The molecule has 2 atom stereocenters. The average Bonchev–Trinajstić information content (AvgIpc) is 2.72. The summed E-state index contributed by atoms with van der Waals surface area (Å²) in [5, 5.41) is -0.510. The van der Waals surface area contributed by atoms with Gasteiger partial charge in [-0.3, -0.25) is 4.90 Å². The van der Waals surface area contributed by atoms with E-state index in [2.05, 4.69) is 16.5 Å². The van der Waals surface area contributed by atoms with E-state index in [0.29, 0.717) is 12.6 Å². The summed E-state index contributed by atoms with van der Waals surface area (Å²) in [6.45, 7) is 6.48. The highest BCUT2D eigenvalue weighted by Gasteiger charge is 2.26. The Morgan fingerprint density at radius 1 is 1.56 bits per heavy atom. The number of hydrogen-bond acceptors (Lipinski definition) is 4. The highest BCUT2D eigenvalue weighted by molar-refractivity contribution is 7.90. The first-order valence-electron chi connectivity index (χ1n) is 5.93. The van der Waals surface area contributed by atoms with Crippen LogP contribution in [0.4, 0.5) is 0 Å². The van der Waals surface area contributed by atoms with Gasteiger partial charge in [-0.1, -0.05) is 6.92 Å². The first-order chi connectivity index (χ1) is 7.51. The van der Waals surface area contributed by atoms with Gasteiger partial charge in [-0.2, -0.15) is 0 Å². The number of nitrogens with zero attached hydrogens (tertiary/aromatic N) is 1. The van der Waals surface area contributed by atoms with Crippen LogP contribution in [0.5, 0.6) is 0 Å². The molecule has 0 radical (unpaired) electrons. The van der Waals surface area contributed by atoms with E-state index in [-0.39, 0.29) is 6.54 Å².